The molecule has 0 unspecified atom stereocenters. The summed E-state index contributed by atoms with van der Waals surface area (Å²) in [4.78, 5) is 50.5. The zero-order valence-electron chi connectivity index (χ0n) is 16.8. The first-order valence-electron chi connectivity index (χ1n) is 9.86. The number of nitrogens with zero attached hydrogens (tertiary/aromatic N) is 1. The van der Waals surface area contributed by atoms with E-state index < -0.39 is 24.4 Å². The zero-order chi connectivity index (χ0) is 21.5. The molecule has 7 heteroatoms. The Bertz CT molecular complexity index is 934. The Kier molecular flexibility index (Phi) is 6.95. The van der Waals surface area contributed by atoms with Crippen LogP contribution in [-0.4, -0.2) is 48.3 Å². The van der Waals surface area contributed by atoms with E-state index in [9.17, 15) is 19.2 Å². The van der Waals surface area contributed by atoms with Crippen molar-refractivity contribution in [2.75, 3.05) is 19.7 Å². The van der Waals surface area contributed by atoms with Crippen molar-refractivity contribution in [2.24, 2.45) is 5.92 Å². The smallest absolute Gasteiger partial charge is 0.309 e. The molecule has 0 saturated carbocycles. The molecule has 2 aromatic carbocycles. The molecule has 0 atom stereocenters. The van der Waals surface area contributed by atoms with E-state index in [2.05, 4.69) is 5.32 Å². The van der Waals surface area contributed by atoms with Gasteiger partial charge in [0.05, 0.1) is 5.92 Å². The Hall–Kier alpha value is -3.48. The summed E-state index contributed by atoms with van der Waals surface area (Å²) >= 11 is 0. The highest BCUT2D eigenvalue weighted by atomic mass is 16.5. The van der Waals surface area contributed by atoms with Gasteiger partial charge < -0.3 is 9.64 Å². The van der Waals surface area contributed by atoms with Gasteiger partial charge in [0.2, 0.25) is 0 Å². The monoisotopic (exact) mass is 408 g/mol. The van der Waals surface area contributed by atoms with Crippen LogP contribution >= 0.6 is 0 Å². The van der Waals surface area contributed by atoms with Gasteiger partial charge in [-0.2, -0.15) is 0 Å². The van der Waals surface area contributed by atoms with Crippen molar-refractivity contribution in [3.8, 4) is 0 Å². The lowest BCUT2D eigenvalue weighted by atomic mass is 9.96. The summed E-state index contributed by atoms with van der Waals surface area (Å²) in [6.07, 6.45) is 0.946. The van der Waals surface area contributed by atoms with Gasteiger partial charge >= 0.3 is 5.97 Å². The molecule has 7 nitrogen and oxygen atoms in total. The second kappa shape index (κ2) is 9.82. The topological polar surface area (TPSA) is 92.8 Å². The number of rotatable bonds is 5. The SMILES string of the molecule is Cc1ccccc1C(=O)N1CCC(C(=O)OCC(=O)NC(=O)c2ccccc2)CC1. The van der Waals surface area contributed by atoms with E-state index in [1.165, 1.54) is 0 Å². The summed E-state index contributed by atoms with van der Waals surface area (Å²) in [5.74, 6) is -2.12. The van der Waals surface area contributed by atoms with Crippen molar-refractivity contribution < 1.29 is 23.9 Å². The standard InChI is InChI=1S/C23H24N2O5/c1-16-7-5-6-10-19(16)22(28)25-13-11-18(12-14-25)23(29)30-15-20(26)24-21(27)17-8-3-2-4-9-17/h2-10,18H,11-15H2,1H3,(H,24,26,27). The molecule has 3 amide bonds. The van der Waals surface area contributed by atoms with E-state index in [0.717, 1.165) is 5.56 Å². The lowest BCUT2D eigenvalue weighted by molar-refractivity contribution is -0.153. The van der Waals surface area contributed by atoms with Crippen molar-refractivity contribution in [1.82, 2.24) is 10.2 Å². The number of hydrogen-bond acceptors (Lipinski definition) is 5. The number of imide groups is 1. The van der Waals surface area contributed by atoms with Crippen LogP contribution in [0.2, 0.25) is 0 Å². The van der Waals surface area contributed by atoms with Crippen LogP contribution in [0.25, 0.3) is 0 Å². The molecule has 0 aromatic heterocycles. The molecule has 0 bridgehead atoms. The summed E-state index contributed by atoms with van der Waals surface area (Å²) in [7, 11) is 0. The highest BCUT2D eigenvalue weighted by Crippen LogP contribution is 2.21. The first-order valence-corrected chi connectivity index (χ1v) is 9.86. The van der Waals surface area contributed by atoms with Gasteiger partial charge in [-0.15, -0.1) is 0 Å². The Morgan fingerprint density at radius 1 is 0.967 bits per heavy atom. The minimum atomic E-state index is -0.677. The van der Waals surface area contributed by atoms with E-state index in [1.807, 2.05) is 25.1 Å². The molecule has 1 aliphatic rings. The van der Waals surface area contributed by atoms with E-state index in [1.54, 1.807) is 41.3 Å². The Balaban J connectivity index is 1.43. The Morgan fingerprint density at radius 2 is 1.60 bits per heavy atom. The summed E-state index contributed by atoms with van der Waals surface area (Å²) in [5.41, 5.74) is 1.93. The fourth-order valence-electron chi connectivity index (χ4n) is 3.38. The van der Waals surface area contributed by atoms with E-state index in [0.29, 0.717) is 37.1 Å². The van der Waals surface area contributed by atoms with Gasteiger partial charge in [0, 0.05) is 24.2 Å². The predicted molar refractivity (Wildman–Crippen MR) is 110 cm³/mol. The quantitative estimate of drug-likeness (QED) is 0.767. The van der Waals surface area contributed by atoms with E-state index in [-0.39, 0.29) is 11.8 Å². The Morgan fingerprint density at radius 3 is 2.27 bits per heavy atom. The molecule has 0 spiro atoms. The maximum Gasteiger partial charge on any atom is 0.309 e. The number of likely N-dealkylation sites (tertiary alicyclic amines) is 1. The molecule has 156 valence electrons. The van der Waals surface area contributed by atoms with Gasteiger partial charge in [0.15, 0.2) is 6.61 Å². The highest BCUT2D eigenvalue weighted by Gasteiger charge is 2.29. The lowest BCUT2D eigenvalue weighted by Crippen LogP contribution is -2.41. The third kappa shape index (κ3) is 5.31. The molecule has 1 fully saturated rings. The third-order valence-corrected chi connectivity index (χ3v) is 5.13. The number of aryl methyl sites for hydroxylation is 1. The highest BCUT2D eigenvalue weighted by molar-refractivity contribution is 6.05. The minimum Gasteiger partial charge on any atom is -0.455 e. The van der Waals surface area contributed by atoms with Gasteiger partial charge in [-0.25, -0.2) is 0 Å². The summed E-state index contributed by atoms with van der Waals surface area (Å²) < 4.78 is 5.07. The molecule has 1 heterocycles. The summed E-state index contributed by atoms with van der Waals surface area (Å²) in [5, 5.41) is 2.19. The number of esters is 1. The van der Waals surface area contributed by atoms with Gasteiger partial charge in [0.1, 0.15) is 0 Å². The first-order chi connectivity index (χ1) is 14.5. The molecule has 0 aliphatic carbocycles. The molecule has 1 saturated heterocycles. The number of benzene rings is 2. The lowest BCUT2D eigenvalue weighted by Gasteiger charge is -2.31. The maximum absolute atomic E-state index is 12.7. The predicted octanol–water partition coefficient (Wildman–Crippen LogP) is 2.35. The molecule has 3 rings (SSSR count). The van der Waals surface area contributed by atoms with Crippen LogP contribution in [0, 0.1) is 12.8 Å². The molecular formula is C23H24N2O5. The second-order valence-electron chi connectivity index (χ2n) is 7.23. The molecule has 1 aliphatic heterocycles. The third-order valence-electron chi connectivity index (χ3n) is 5.13. The number of hydrogen-bond donors (Lipinski definition) is 1. The number of carbonyl (C=O) groups is 4. The van der Waals surface area contributed by atoms with Gasteiger partial charge in [-0.05, 0) is 43.5 Å². The van der Waals surface area contributed by atoms with Crippen molar-refractivity contribution >= 4 is 23.7 Å². The van der Waals surface area contributed by atoms with Gasteiger partial charge in [-0.1, -0.05) is 36.4 Å². The maximum atomic E-state index is 12.7. The van der Waals surface area contributed by atoms with Crippen LogP contribution in [0.3, 0.4) is 0 Å². The first kappa shape index (κ1) is 21.2. The second-order valence-corrected chi connectivity index (χ2v) is 7.23. The zero-order valence-corrected chi connectivity index (χ0v) is 16.8. The van der Waals surface area contributed by atoms with Crippen LogP contribution in [0.5, 0.6) is 0 Å². The average Bonchev–Trinajstić information content (AvgIpc) is 2.78. The van der Waals surface area contributed by atoms with Crippen molar-refractivity contribution in [2.45, 2.75) is 19.8 Å². The fraction of sp³-hybridized carbons (Fsp3) is 0.304. The van der Waals surface area contributed by atoms with Crippen LogP contribution < -0.4 is 5.32 Å². The largest absolute Gasteiger partial charge is 0.455 e. The van der Waals surface area contributed by atoms with Crippen molar-refractivity contribution in [3.05, 3.63) is 71.3 Å². The molecule has 2 aromatic rings. The van der Waals surface area contributed by atoms with Crippen molar-refractivity contribution in [3.63, 3.8) is 0 Å². The molecule has 0 radical (unpaired) electrons. The number of ether oxygens (including phenoxy) is 1. The normalized spacial score (nSPS) is 14.1. The number of carbonyl (C=O) groups excluding carboxylic acids is 4. The van der Waals surface area contributed by atoms with Crippen LogP contribution in [0.1, 0.15) is 39.1 Å². The fourth-order valence-corrected chi connectivity index (χ4v) is 3.38. The average molecular weight is 408 g/mol. The van der Waals surface area contributed by atoms with Gasteiger partial charge in [-0.3, -0.25) is 24.5 Å². The summed E-state index contributed by atoms with van der Waals surface area (Å²) in [6.45, 7) is 2.28. The van der Waals surface area contributed by atoms with E-state index in [4.69, 9.17) is 4.74 Å². The van der Waals surface area contributed by atoms with Crippen molar-refractivity contribution in [1.29, 1.82) is 0 Å². The molecule has 30 heavy (non-hydrogen) atoms. The minimum absolute atomic E-state index is 0.0429. The molecule has 1 N–H and O–H groups in total. The number of nitrogens with one attached hydrogen (secondary N) is 1. The summed E-state index contributed by atoms with van der Waals surface area (Å²) in [6, 6.07) is 15.7. The van der Waals surface area contributed by atoms with Gasteiger partial charge in [0.25, 0.3) is 17.7 Å². The number of piperidine rings is 1. The number of amides is 3. The Labute approximate surface area is 175 Å². The van der Waals surface area contributed by atoms with Crippen LogP contribution in [-0.2, 0) is 14.3 Å². The van der Waals surface area contributed by atoms with Crippen LogP contribution in [0.4, 0.5) is 0 Å². The van der Waals surface area contributed by atoms with E-state index >= 15 is 0 Å². The molecular weight excluding hydrogens is 384 g/mol. The van der Waals surface area contributed by atoms with Crippen LogP contribution in [0.15, 0.2) is 54.6 Å².